The number of rotatable bonds is 1. The van der Waals surface area contributed by atoms with E-state index in [0.29, 0.717) is 37.7 Å². The van der Waals surface area contributed by atoms with E-state index in [4.69, 9.17) is 16.3 Å². The van der Waals surface area contributed by atoms with Gasteiger partial charge in [0.2, 0.25) is 10.0 Å². The Morgan fingerprint density at radius 1 is 1.20 bits per heavy atom. The lowest BCUT2D eigenvalue weighted by Crippen LogP contribution is -2.49. The molecule has 0 aromatic heterocycles. The molecule has 9 heteroatoms. The first-order chi connectivity index (χ1) is 19.7. The van der Waals surface area contributed by atoms with Gasteiger partial charge in [-0.1, -0.05) is 43.2 Å². The standard InChI is InChI=1S/C32H39ClN2O5S/c1-2-21-5-3-7-29(36)26-11-8-24(26)17-35-19-32(14-4-6-22-15-25(33)10-12-27(22)32)20-40-30-13-9-23(16-28(30)35)31(37)34-41(38,39)18-21/h3,7,9-10,12-13,15-16,21,24,26,29,36H,2,4-6,8,11,14,17-20H2,1H3,(H,34,37)/b7-3-/t21-,24-,26+,29-,32-/m0/s1. The van der Waals surface area contributed by atoms with Crippen LogP contribution in [0.25, 0.3) is 0 Å². The first-order valence-electron chi connectivity index (χ1n) is 14.9. The number of aliphatic hydroxyl groups excluding tert-OH is 1. The molecule has 1 amide bonds. The molecule has 1 spiro atoms. The SMILES string of the molecule is CC[C@H]1C/C=C\[C@H](O)[C@@H]2CC[C@H]2CN2C[C@@]3(CCCc4cc(Cl)ccc43)COc3ccc(cc32)C(=O)NS(=O)(=O)C1. The van der Waals surface area contributed by atoms with Gasteiger partial charge < -0.3 is 14.7 Å². The number of amides is 1. The molecule has 6 rings (SSSR count). The largest absolute Gasteiger partial charge is 0.490 e. The van der Waals surface area contributed by atoms with Gasteiger partial charge >= 0.3 is 0 Å². The Morgan fingerprint density at radius 3 is 2.83 bits per heavy atom. The van der Waals surface area contributed by atoms with Gasteiger partial charge in [-0.2, -0.15) is 0 Å². The van der Waals surface area contributed by atoms with Crippen LogP contribution < -0.4 is 14.4 Å². The number of sulfonamides is 1. The molecule has 2 heterocycles. The maximum atomic E-state index is 13.2. The lowest BCUT2D eigenvalue weighted by Gasteiger charge is -2.45. The van der Waals surface area contributed by atoms with E-state index in [9.17, 15) is 18.3 Å². The van der Waals surface area contributed by atoms with E-state index in [0.717, 1.165) is 49.4 Å². The van der Waals surface area contributed by atoms with Crippen LogP contribution in [0, 0.1) is 17.8 Å². The van der Waals surface area contributed by atoms with E-state index < -0.39 is 22.0 Å². The average Bonchev–Trinajstić information content (AvgIpc) is 3.06. The van der Waals surface area contributed by atoms with Gasteiger partial charge in [0.05, 0.1) is 24.2 Å². The molecule has 0 unspecified atom stereocenters. The number of aryl methyl sites for hydroxylation is 1. The van der Waals surface area contributed by atoms with Gasteiger partial charge in [-0.15, -0.1) is 0 Å². The number of benzene rings is 2. The molecule has 4 aliphatic rings. The Kier molecular flexibility index (Phi) is 7.85. The number of nitrogens with zero attached hydrogens (tertiary/aromatic N) is 1. The second-order valence-electron chi connectivity index (χ2n) is 12.4. The summed E-state index contributed by atoms with van der Waals surface area (Å²) in [6.45, 7) is 3.87. The molecule has 0 saturated heterocycles. The number of nitrogens with one attached hydrogen (secondary N) is 1. The van der Waals surface area contributed by atoms with Crippen molar-refractivity contribution in [2.45, 2.75) is 63.4 Å². The van der Waals surface area contributed by atoms with Crippen molar-refractivity contribution in [3.63, 3.8) is 0 Å². The van der Waals surface area contributed by atoms with Crippen LogP contribution in [0.5, 0.6) is 5.75 Å². The smallest absolute Gasteiger partial charge is 0.264 e. The lowest BCUT2D eigenvalue weighted by molar-refractivity contribution is 0.0456. The van der Waals surface area contributed by atoms with Gasteiger partial charge in [-0.05, 0) is 97.7 Å². The monoisotopic (exact) mass is 598 g/mol. The molecule has 5 atom stereocenters. The fourth-order valence-electron chi connectivity index (χ4n) is 7.27. The van der Waals surface area contributed by atoms with Crippen molar-refractivity contribution < 1.29 is 23.1 Å². The quantitative estimate of drug-likeness (QED) is 0.436. The van der Waals surface area contributed by atoms with Crippen molar-refractivity contribution in [1.82, 2.24) is 4.72 Å². The Bertz CT molecular complexity index is 1460. The van der Waals surface area contributed by atoms with Crippen molar-refractivity contribution in [2.75, 3.05) is 30.3 Å². The highest BCUT2D eigenvalue weighted by Gasteiger charge is 2.44. The number of fused-ring (bicyclic) bond motifs is 4. The number of carbonyl (C=O) groups is 1. The minimum absolute atomic E-state index is 0.135. The summed E-state index contributed by atoms with van der Waals surface area (Å²) in [5.74, 6) is 0.196. The van der Waals surface area contributed by atoms with E-state index in [2.05, 4.69) is 21.8 Å². The van der Waals surface area contributed by atoms with Crippen LogP contribution in [0.4, 0.5) is 5.69 Å². The normalized spacial score (nSPS) is 32.0. The molecule has 1 fully saturated rings. The predicted molar refractivity (Wildman–Crippen MR) is 161 cm³/mol. The molecule has 2 bridgehead atoms. The van der Waals surface area contributed by atoms with Crippen molar-refractivity contribution in [2.24, 2.45) is 17.8 Å². The number of halogens is 1. The molecule has 0 radical (unpaired) electrons. The van der Waals surface area contributed by atoms with Crippen LogP contribution in [0.2, 0.25) is 5.02 Å². The lowest BCUT2D eigenvalue weighted by atomic mass is 9.68. The maximum absolute atomic E-state index is 13.2. The Balaban J connectivity index is 1.41. The molecular weight excluding hydrogens is 560 g/mol. The van der Waals surface area contributed by atoms with E-state index in [1.165, 1.54) is 11.1 Å². The number of ether oxygens (including phenoxy) is 1. The topological polar surface area (TPSA) is 95.9 Å². The van der Waals surface area contributed by atoms with Crippen molar-refractivity contribution in [3.05, 3.63) is 70.3 Å². The third-order valence-electron chi connectivity index (χ3n) is 9.75. The molecule has 2 aromatic carbocycles. The number of carbonyl (C=O) groups excluding carboxylic acids is 1. The maximum Gasteiger partial charge on any atom is 0.264 e. The molecule has 1 saturated carbocycles. The summed E-state index contributed by atoms with van der Waals surface area (Å²) in [7, 11) is -3.84. The number of anilines is 1. The summed E-state index contributed by atoms with van der Waals surface area (Å²) in [4.78, 5) is 15.6. The van der Waals surface area contributed by atoms with Crippen molar-refractivity contribution in [3.8, 4) is 5.75 Å². The zero-order valence-corrected chi connectivity index (χ0v) is 25.1. The summed E-state index contributed by atoms with van der Waals surface area (Å²) in [5, 5.41) is 11.8. The Labute approximate surface area is 248 Å². The molecular formula is C32H39ClN2O5S. The van der Waals surface area contributed by atoms with Crippen LogP contribution >= 0.6 is 11.6 Å². The van der Waals surface area contributed by atoms with Gasteiger partial charge in [-0.3, -0.25) is 4.79 Å². The second-order valence-corrected chi connectivity index (χ2v) is 14.6. The average molecular weight is 599 g/mol. The van der Waals surface area contributed by atoms with Crippen molar-refractivity contribution >= 4 is 33.2 Å². The van der Waals surface area contributed by atoms with Crippen LogP contribution in [-0.2, 0) is 21.9 Å². The van der Waals surface area contributed by atoms with E-state index in [1.807, 2.05) is 25.1 Å². The van der Waals surface area contributed by atoms with Crippen LogP contribution in [0.15, 0.2) is 48.6 Å². The summed E-state index contributed by atoms with van der Waals surface area (Å²) in [6, 6.07) is 11.4. The number of aliphatic hydroxyl groups is 1. The zero-order valence-electron chi connectivity index (χ0n) is 23.5. The highest BCUT2D eigenvalue weighted by Crippen LogP contribution is 2.46. The van der Waals surface area contributed by atoms with Gasteiger partial charge in [0.15, 0.2) is 0 Å². The summed E-state index contributed by atoms with van der Waals surface area (Å²) in [6.07, 6.45) is 9.33. The molecule has 2 aliphatic carbocycles. The minimum Gasteiger partial charge on any atom is -0.490 e. The minimum atomic E-state index is -3.84. The fourth-order valence-corrected chi connectivity index (χ4v) is 8.94. The first kappa shape index (κ1) is 28.6. The summed E-state index contributed by atoms with van der Waals surface area (Å²) >= 11 is 6.38. The third kappa shape index (κ3) is 5.75. The molecule has 220 valence electrons. The second kappa shape index (κ2) is 11.3. The Hall–Kier alpha value is -2.55. The van der Waals surface area contributed by atoms with Gasteiger partial charge in [0, 0.05) is 29.1 Å². The van der Waals surface area contributed by atoms with Gasteiger partial charge in [-0.25, -0.2) is 13.1 Å². The van der Waals surface area contributed by atoms with Gasteiger partial charge in [0.25, 0.3) is 5.91 Å². The fraction of sp³-hybridized carbons (Fsp3) is 0.531. The predicted octanol–water partition coefficient (Wildman–Crippen LogP) is 5.25. The van der Waals surface area contributed by atoms with E-state index in [-0.39, 0.29) is 28.6 Å². The van der Waals surface area contributed by atoms with Gasteiger partial charge in [0.1, 0.15) is 5.75 Å². The van der Waals surface area contributed by atoms with E-state index in [1.54, 1.807) is 18.2 Å². The van der Waals surface area contributed by atoms with Crippen LogP contribution in [0.1, 0.15) is 66.9 Å². The molecule has 41 heavy (non-hydrogen) atoms. The first-order valence-corrected chi connectivity index (χ1v) is 16.9. The van der Waals surface area contributed by atoms with Crippen LogP contribution in [-0.4, -0.2) is 51.0 Å². The number of allylic oxidation sites excluding steroid dienone is 1. The zero-order chi connectivity index (χ0) is 28.8. The molecule has 2 aliphatic heterocycles. The highest BCUT2D eigenvalue weighted by molar-refractivity contribution is 7.90. The summed E-state index contributed by atoms with van der Waals surface area (Å²) in [5.41, 5.74) is 3.35. The number of hydrogen-bond donors (Lipinski definition) is 2. The highest BCUT2D eigenvalue weighted by atomic mass is 35.5. The third-order valence-corrected chi connectivity index (χ3v) is 11.4. The van der Waals surface area contributed by atoms with Crippen LogP contribution in [0.3, 0.4) is 0 Å². The number of hydrogen-bond acceptors (Lipinski definition) is 6. The molecule has 2 aromatic rings. The molecule has 2 N–H and O–H groups in total. The van der Waals surface area contributed by atoms with E-state index >= 15 is 0 Å². The molecule has 7 nitrogen and oxygen atoms in total. The Morgan fingerprint density at radius 2 is 2.05 bits per heavy atom. The summed E-state index contributed by atoms with van der Waals surface area (Å²) < 4.78 is 34.7. The van der Waals surface area contributed by atoms with Crippen molar-refractivity contribution in [1.29, 1.82) is 0 Å².